The smallest absolute Gasteiger partial charge is 0.194 e. The van der Waals surface area contributed by atoms with Crippen molar-refractivity contribution in [2.24, 2.45) is 7.05 Å². The van der Waals surface area contributed by atoms with Crippen LogP contribution in [0, 0.1) is 6.92 Å². The second kappa shape index (κ2) is 5.81. The van der Waals surface area contributed by atoms with Crippen molar-refractivity contribution < 1.29 is 4.57 Å². The van der Waals surface area contributed by atoms with E-state index in [0.29, 0.717) is 0 Å². The average Bonchev–Trinajstić information content (AvgIpc) is 3.11. The Morgan fingerprint density at radius 2 is 1.61 bits per heavy atom. The summed E-state index contributed by atoms with van der Waals surface area (Å²) in [5, 5.41) is 1.43. The number of fused-ring (bicyclic) bond motifs is 1. The van der Waals surface area contributed by atoms with Gasteiger partial charge in [0.25, 0.3) is 0 Å². The molecule has 0 saturated heterocycles. The van der Waals surface area contributed by atoms with Gasteiger partial charge in [0.15, 0.2) is 0 Å². The maximum atomic E-state index is 2.46. The van der Waals surface area contributed by atoms with Crippen molar-refractivity contribution >= 4 is 10.9 Å². The first-order valence-electron chi connectivity index (χ1n) is 8.73. The molecule has 1 saturated carbocycles. The molecule has 0 amide bonds. The van der Waals surface area contributed by atoms with Crippen LogP contribution in [0.1, 0.15) is 42.7 Å². The second-order valence-electron chi connectivity index (χ2n) is 6.86. The standard InChI is InChI=1S/C22H24N/c1-16-9-3-6-12-18(16)22-15-20(17-10-4-5-11-17)19-13-7-8-14-21(19)23(22)2/h3,6-9,12-15,17H,4-5,10-11H2,1-2H3/q+1. The molecule has 1 aromatic heterocycles. The molecule has 2 aromatic carbocycles. The summed E-state index contributed by atoms with van der Waals surface area (Å²) in [6.45, 7) is 2.21. The summed E-state index contributed by atoms with van der Waals surface area (Å²) in [7, 11) is 2.20. The molecule has 0 spiro atoms. The van der Waals surface area contributed by atoms with Gasteiger partial charge < -0.3 is 0 Å². The van der Waals surface area contributed by atoms with Crippen LogP contribution in [0.2, 0.25) is 0 Å². The first-order chi connectivity index (χ1) is 11.3. The minimum atomic E-state index is 0.726. The van der Waals surface area contributed by atoms with Gasteiger partial charge in [0.05, 0.1) is 0 Å². The number of aryl methyl sites for hydroxylation is 2. The van der Waals surface area contributed by atoms with Gasteiger partial charge in [-0.15, -0.1) is 0 Å². The van der Waals surface area contributed by atoms with E-state index in [1.165, 1.54) is 53.4 Å². The van der Waals surface area contributed by atoms with Gasteiger partial charge in [-0.05, 0) is 48.9 Å². The average molecular weight is 302 g/mol. The normalized spacial score (nSPS) is 15.4. The lowest BCUT2D eigenvalue weighted by atomic mass is 9.91. The molecular formula is C22H24N+. The lowest BCUT2D eigenvalue weighted by molar-refractivity contribution is -0.633. The molecular weight excluding hydrogens is 278 g/mol. The Labute approximate surface area is 138 Å². The van der Waals surface area contributed by atoms with Crippen molar-refractivity contribution in [2.45, 2.75) is 38.5 Å². The molecule has 23 heavy (non-hydrogen) atoms. The van der Waals surface area contributed by atoms with E-state index in [9.17, 15) is 0 Å². The van der Waals surface area contributed by atoms with Gasteiger partial charge in [-0.25, -0.2) is 0 Å². The maximum absolute atomic E-state index is 2.46. The molecule has 0 aliphatic heterocycles. The molecule has 1 aliphatic carbocycles. The summed E-state index contributed by atoms with van der Waals surface area (Å²) in [5.41, 5.74) is 6.92. The number of para-hydroxylation sites is 1. The largest absolute Gasteiger partial charge is 0.213 e. The minimum absolute atomic E-state index is 0.726. The second-order valence-corrected chi connectivity index (χ2v) is 6.86. The minimum Gasteiger partial charge on any atom is -0.194 e. The summed E-state index contributed by atoms with van der Waals surface area (Å²) in [6.07, 6.45) is 5.43. The third-order valence-corrected chi connectivity index (χ3v) is 5.45. The highest BCUT2D eigenvalue weighted by atomic mass is 14.9. The molecule has 4 rings (SSSR count). The maximum Gasteiger partial charge on any atom is 0.213 e. The summed E-state index contributed by atoms with van der Waals surface area (Å²) in [4.78, 5) is 0. The lowest BCUT2D eigenvalue weighted by Gasteiger charge is -2.15. The predicted molar refractivity (Wildman–Crippen MR) is 96.5 cm³/mol. The van der Waals surface area contributed by atoms with Crippen LogP contribution in [0.4, 0.5) is 0 Å². The van der Waals surface area contributed by atoms with E-state index >= 15 is 0 Å². The molecule has 0 N–H and O–H groups in total. The molecule has 1 heteroatoms. The van der Waals surface area contributed by atoms with Gasteiger partial charge in [0.2, 0.25) is 11.2 Å². The predicted octanol–water partition coefficient (Wildman–Crippen LogP) is 5.30. The van der Waals surface area contributed by atoms with Gasteiger partial charge in [-0.3, -0.25) is 0 Å². The number of hydrogen-bond donors (Lipinski definition) is 0. The Hall–Kier alpha value is -2.15. The zero-order valence-corrected chi connectivity index (χ0v) is 14.0. The lowest BCUT2D eigenvalue weighted by Crippen LogP contribution is -2.33. The quantitative estimate of drug-likeness (QED) is 0.566. The first-order valence-corrected chi connectivity index (χ1v) is 8.73. The molecule has 1 fully saturated rings. The van der Waals surface area contributed by atoms with Crippen LogP contribution in [0.3, 0.4) is 0 Å². The Morgan fingerprint density at radius 3 is 2.39 bits per heavy atom. The summed E-state index contributed by atoms with van der Waals surface area (Å²) in [6, 6.07) is 20.1. The van der Waals surface area contributed by atoms with Crippen LogP contribution in [0.5, 0.6) is 0 Å². The van der Waals surface area contributed by atoms with Crippen molar-refractivity contribution in [3.63, 3.8) is 0 Å². The SMILES string of the molecule is Cc1ccccc1-c1cc(C2CCCC2)c2ccccc2[n+]1C. The van der Waals surface area contributed by atoms with Gasteiger partial charge >= 0.3 is 0 Å². The number of rotatable bonds is 2. The molecule has 0 bridgehead atoms. The van der Waals surface area contributed by atoms with E-state index in [2.05, 4.69) is 73.1 Å². The molecule has 116 valence electrons. The van der Waals surface area contributed by atoms with E-state index in [0.717, 1.165) is 5.92 Å². The van der Waals surface area contributed by atoms with Crippen LogP contribution in [0.15, 0.2) is 54.6 Å². The molecule has 1 heterocycles. The number of nitrogens with zero attached hydrogens (tertiary/aromatic N) is 1. The van der Waals surface area contributed by atoms with Crippen molar-refractivity contribution in [3.05, 3.63) is 65.7 Å². The molecule has 3 aromatic rings. The zero-order valence-electron chi connectivity index (χ0n) is 14.0. The number of hydrogen-bond acceptors (Lipinski definition) is 0. The Kier molecular flexibility index (Phi) is 3.65. The van der Waals surface area contributed by atoms with Gasteiger partial charge in [0.1, 0.15) is 7.05 Å². The summed E-state index contributed by atoms with van der Waals surface area (Å²) >= 11 is 0. The van der Waals surface area contributed by atoms with E-state index in [-0.39, 0.29) is 0 Å². The molecule has 0 atom stereocenters. The number of pyridine rings is 1. The van der Waals surface area contributed by atoms with Crippen molar-refractivity contribution in [1.29, 1.82) is 0 Å². The molecule has 1 nitrogen and oxygen atoms in total. The van der Waals surface area contributed by atoms with Crippen LogP contribution in [-0.4, -0.2) is 0 Å². The van der Waals surface area contributed by atoms with Gasteiger partial charge in [-0.2, -0.15) is 4.57 Å². The van der Waals surface area contributed by atoms with Crippen LogP contribution in [0.25, 0.3) is 22.2 Å². The highest BCUT2D eigenvalue weighted by molar-refractivity contribution is 5.82. The van der Waals surface area contributed by atoms with Crippen molar-refractivity contribution in [2.75, 3.05) is 0 Å². The zero-order chi connectivity index (χ0) is 15.8. The Balaban J connectivity index is 2.02. The third-order valence-electron chi connectivity index (χ3n) is 5.45. The fraction of sp³-hybridized carbons (Fsp3) is 0.318. The molecule has 0 radical (unpaired) electrons. The van der Waals surface area contributed by atoms with Crippen LogP contribution in [-0.2, 0) is 7.05 Å². The van der Waals surface area contributed by atoms with E-state index in [1.54, 1.807) is 5.56 Å². The third kappa shape index (κ3) is 2.45. The number of aromatic nitrogens is 1. The highest BCUT2D eigenvalue weighted by Gasteiger charge is 2.25. The van der Waals surface area contributed by atoms with Crippen molar-refractivity contribution in [1.82, 2.24) is 0 Å². The van der Waals surface area contributed by atoms with Crippen LogP contribution >= 0.6 is 0 Å². The Morgan fingerprint density at radius 1 is 0.913 bits per heavy atom. The van der Waals surface area contributed by atoms with E-state index in [1.807, 2.05) is 0 Å². The van der Waals surface area contributed by atoms with Gasteiger partial charge in [0, 0.05) is 23.1 Å². The van der Waals surface area contributed by atoms with Gasteiger partial charge in [-0.1, -0.05) is 43.2 Å². The monoisotopic (exact) mass is 302 g/mol. The fourth-order valence-electron chi connectivity index (χ4n) is 4.16. The molecule has 1 aliphatic rings. The number of benzene rings is 2. The Bertz CT molecular complexity index is 857. The van der Waals surface area contributed by atoms with E-state index in [4.69, 9.17) is 0 Å². The fourth-order valence-corrected chi connectivity index (χ4v) is 4.16. The van der Waals surface area contributed by atoms with E-state index < -0.39 is 0 Å². The van der Waals surface area contributed by atoms with Crippen LogP contribution < -0.4 is 4.57 Å². The topological polar surface area (TPSA) is 3.88 Å². The molecule has 0 unspecified atom stereocenters. The summed E-state index contributed by atoms with van der Waals surface area (Å²) < 4.78 is 2.36. The highest BCUT2D eigenvalue weighted by Crippen LogP contribution is 2.38. The summed E-state index contributed by atoms with van der Waals surface area (Å²) in [5.74, 6) is 0.726. The van der Waals surface area contributed by atoms with Crippen molar-refractivity contribution in [3.8, 4) is 11.3 Å². The first kappa shape index (κ1) is 14.4.